The van der Waals surface area contributed by atoms with E-state index in [1.165, 1.54) is 38.5 Å². The first-order chi connectivity index (χ1) is 12.0. The first-order valence-electron chi connectivity index (χ1n) is 9.86. The molecule has 2 N–H and O–H groups in total. The topological polar surface area (TPSA) is 50.4 Å². The van der Waals surface area contributed by atoms with Crippen molar-refractivity contribution in [3.05, 3.63) is 29.8 Å². The molecule has 0 unspecified atom stereocenters. The van der Waals surface area contributed by atoms with Gasteiger partial charge in [-0.1, -0.05) is 12.1 Å². The molecule has 2 amide bonds. The summed E-state index contributed by atoms with van der Waals surface area (Å²) in [7, 11) is 0. The molecule has 0 radical (unpaired) electrons. The van der Waals surface area contributed by atoms with Gasteiger partial charge in [-0.05, 0) is 87.8 Å². The summed E-state index contributed by atoms with van der Waals surface area (Å²) in [6.45, 7) is 4.68. The lowest BCUT2D eigenvalue weighted by molar-refractivity contribution is -0.0136. The second-order valence-corrected chi connectivity index (χ2v) is 8.52. The van der Waals surface area contributed by atoms with E-state index in [0.29, 0.717) is 6.61 Å². The summed E-state index contributed by atoms with van der Waals surface area (Å²) >= 11 is 0. The largest absolute Gasteiger partial charge is 0.494 e. The molecule has 0 aromatic heterocycles. The minimum atomic E-state index is -0.0108. The highest BCUT2D eigenvalue weighted by atomic mass is 16.5. The highest BCUT2D eigenvalue weighted by Crippen LogP contribution is 2.55. The van der Waals surface area contributed by atoms with E-state index in [0.717, 1.165) is 29.1 Å². The highest BCUT2D eigenvalue weighted by molar-refractivity contribution is 5.75. The predicted molar refractivity (Wildman–Crippen MR) is 98.6 cm³/mol. The van der Waals surface area contributed by atoms with Crippen LogP contribution in [0, 0.1) is 17.8 Å². The molecule has 1 atom stereocenters. The van der Waals surface area contributed by atoms with Gasteiger partial charge in [-0.3, -0.25) is 0 Å². The van der Waals surface area contributed by atoms with Gasteiger partial charge < -0.3 is 15.4 Å². The number of carbonyl (C=O) groups excluding carboxylic acids is 1. The van der Waals surface area contributed by atoms with Crippen LogP contribution in [-0.2, 0) is 0 Å². The highest BCUT2D eigenvalue weighted by Gasteiger charge is 2.51. The van der Waals surface area contributed by atoms with Crippen LogP contribution in [0.4, 0.5) is 4.79 Å². The standard InChI is InChI=1S/C21H30N2O2/c1-3-25-19-6-4-18(5-7-19)14(2)22-20(24)23-21-11-15-8-16(12-21)10-17(9-15)13-21/h4-7,14-17H,3,8-13H2,1-2H3,(H2,22,23,24)/t14-,15?,16?,17?,21?/m0/s1. The molecule has 4 heteroatoms. The van der Waals surface area contributed by atoms with E-state index in [1.54, 1.807) is 0 Å². The Morgan fingerprint density at radius 3 is 2.20 bits per heavy atom. The van der Waals surface area contributed by atoms with Crippen molar-refractivity contribution in [1.29, 1.82) is 0 Å². The van der Waals surface area contributed by atoms with Crippen LogP contribution in [0.25, 0.3) is 0 Å². The lowest BCUT2D eigenvalue weighted by Gasteiger charge is -2.56. The van der Waals surface area contributed by atoms with E-state index in [9.17, 15) is 4.79 Å². The molecule has 5 rings (SSSR count). The Hall–Kier alpha value is -1.71. The third kappa shape index (κ3) is 3.49. The maximum absolute atomic E-state index is 12.6. The number of ether oxygens (including phenoxy) is 1. The minimum absolute atomic E-state index is 0.00964. The Kier molecular flexibility index (Phi) is 4.38. The van der Waals surface area contributed by atoms with Crippen molar-refractivity contribution < 1.29 is 9.53 Å². The van der Waals surface area contributed by atoms with Crippen LogP contribution in [0.5, 0.6) is 5.75 Å². The summed E-state index contributed by atoms with van der Waals surface area (Å²) in [6, 6.07) is 7.97. The van der Waals surface area contributed by atoms with E-state index in [2.05, 4.69) is 10.6 Å². The second-order valence-electron chi connectivity index (χ2n) is 8.52. The quantitative estimate of drug-likeness (QED) is 0.832. The number of hydrogen-bond acceptors (Lipinski definition) is 2. The molecule has 0 spiro atoms. The maximum atomic E-state index is 12.6. The fraction of sp³-hybridized carbons (Fsp3) is 0.667. The summed E-state index contributed by atoms with van der Waals surface area (Å²) < 4.78 is 5.48. The average Bonchev–Trinajstić information content (AvgIpc) is 2.53. The van der Waals surface area contributed by atoms with Crippen LogP contribution >= 0.6 is 0 Å². The van der Waals surface area contributed by atoms with Gasteiger partial charge in [-0.15, -0.1) is 0 Å². The molecule has 136 valence electrons. The Balaban J connectivity index is 1.35. The number of carbonyl (C=O) groups is 1. The molecule has 4 saturated carbocycles. The zero-order valence-corrected chi connectivity index (χ0v) is 15.4. The summed E-state index contributed by atoms with van der Waals surface area (Å²) in [6.07, 6.45) is 7.74. The Labute approximate surface area is 150 Å². The second kappa shape index (κ2) is 6.54. The molecule has 0 aliphatic heterocycles. The van der Waals surface area contributed by atoms with Crippen LogP contribution in [0.2, 0.25) is 0 Å². The molecule has 0 saturated heterocycles. The van der Waals surface area contributed by atoms with E-state index < -0.39 is 0 Å². The fourth-order valence-corrected chi connectivity index (χ4v) is 5.84. The van der Waals surface area contributed by atoms with Gasteiger partial charge in [-0.25, -0.2) is 4.79 Å². The lowest BCUT2D eigenvalue weighted by Crippen LogP contribution is -2.61. The van der Waals surface area contributed by atoms with Crippen molar-refractivity contribution in [3.8, 4) is 5.75 Å². The average molecular weight is 342 g/mol. The van der Waals surface area contributed by atoms with E-state index in [-0.39, 0.29) is 17.6 Å². The van der Waals surface area contributed by atoms with Gasteiger partial charge in [0, 0.05) is 5.54 Å². The number of benzene rings is 1. The smallest absolute Gasteiger partial charge is 0.315 e. The molecular weight excluding hydrogens is 312 g/mol. The molecule has 1 aromatic carbocycles. The van der Waals surface area contributed by atoms with Crippen LogP contribution in [-0.4, -0.2) is 18.2 Å². The number of nitrogens with one attached hydrogen (secondary N) is 2. The normalized spacial score (nSPS) is 33.8. The molecule has 4 fully saturated rings. The zero-order valence-electron chi connectivity index (χ0n) is 15.4. The zero-order chi connectivity index (χ0) is 17.4. The number of rotatable bonds is 5. The van der Waals surface area contributed by atoms with Gasteiger partial charge in [0.05, 0.1) is 12.6 Å². The van der Waals surface area contributed by atoms with Crippen molar-refractivity contribution in [3.63, 3.8) is 0 Å². The molecule has 4 aliphatic carbocycles. The van der Waals surface area contributed by atoms with Crippen molar-refractivity contribution in [2.24, 2.45) is 17.8 Å². The number of amides is 2. The first kappa shape index (κ1) is 16.7. The van der Waals surface area contributed by atoms with Crippen LogP contribution in [0.15, 0.2) is 24.3 Å². The van der Waals surface area contributed by atoms with Crippen LogP contribution < -0.4 is 15.4 Å². The van der Waals surface area contributed by atoms with Crippen LogP contribution in [0.3, 0.4) is 0 Å². The molecule has 4 nitrogen and oxygen atoms in total. The Morgan fingerprint density at radius 2 is 1.68 bits per heavy atom. The molecule has 4 bridgehead atoms. The first-order valence-corrected chi connectivity index (χ1v) is 9.86. The van der Waals surface area contributed by atoms with Gasteiger partial charge >= 0.3 is 6.03 Å². The third-order valence-corrected chi connectivity index (χ3v) is 6.46. The summed E-state index contributed by atoms with van der Waals surface area (Å²) in [4.78, 5) is 12.6. The fourth-order valence-electron chi connectivity index (χ4n) is 5.84. The maximum Gasteiger partial charge on any atom is 0.315 e. The van der Waals surface area contributed by atoms with E-state index in [4.69, 9.17) is 4.74 Å². The van der Waals surface area contributed by atoms with Gasteiger partial charge in [0.25, 0.3) is 0 Å². The molecule has 25 heavy (non-hydrogen) atoms. The van der Waals surface area contributed by atoms with Crippen LogP contribution in [0.1, 0.15) is 64.0 Å². The summed E-state index contributed by atoms with van der Waals surface area (Å²) in [5.74, 6) is 3.40. The van der Waals surface area contributed by atoms with Crippen molar-refractivity contribution >= 4 is 6.03 Å². The lowest BCUT2D eigenvalue weighted by atomic mass is 9.53. The van der Waals surface area contributed by atoms with Crippen molar-refractivity contribution in [1.82, 2.24) is 10.6 Å². The monoisotopic (exact) mass is 342 g/mol. The number of hydrogen-bond donors (Lipinski definition) is 2. The van der Waals surface area contributed by atoms with E-state index >= 15 is 0 Å². The molecular formula is C21H30N2O2. The molecule has 0 heterocycles. The predicted octanol–water partition coefficient (Wildman–Crippen LogP) is 4.41. The minimum Gasteiger partial charge on any atom is -0.494 e. The number of urea groups is 1. The Morgan fingerprint density at radius 1 is 1.12 bits per heavy atom. The molecule has 1 aromatic rings. The van der Waals surface area contributed by atoms with Gasteiger partial charge in [-0.2, -0.15) is 0 Å². The van der Waals surface area contributed by atoms with Gasteiger partial charge in [0.1, 0.15) is 5.75 Å². The van der Waals surface area contributed by atoms with Gasteiger partial charge in [0.2, 0.25) is 0 Å². The van der Waals surface area contributed by atoms with E-state index in [1.807, 2.05) is 38.1 Å². The van der Waals surface area contributed by atoms with Crippen molar-refractivity contribution in [2.45, 2.75) is 64.0 Å². The third-order valence-electron chi connectivity index (χ3n) is 6.46. The Bertz CT molecular complexity index is 590. The molecule has 4 aliphatic rings. The van der Waals surface area contributed by atoms with Gasteiger partial charge in [0.15, 0.2) is 0 Å². The summed E-state index contributed by atoms with van der Waals surface area (Å²) in [5, 5.41) is 6.51. The van der Waals surface area contributed by atoms with Crippen molar-refractivity contribution in [2.75, 3.05) is 6.61 Å². The summed E-state index contributed by atoms with van der Waals surface area (Å²) in [5.41, 5.74) is 1.17. The SMILES string of the molecule is CCOc1ccc([C@H](C)NC(=O)NC23CC4CC(CC(C4)C2)C3)cc1.